The largest absolute Gasteiger partial charge is 0.374 e. The number of fused-ring (bicyclic) bond motifs is 2. The van der Waals surface area contributed by atoms with Crippen LogP contribution in [0, 0.1) is 0 Å². The SMILES string of the molecule is Nc1ncc(-c2cc(N3CC4CC3CO4)nc(C3CC3)n2)cn1. The zero-order chi connectivity index (χ0) is 15.4. The summed E-state index contributed by atoms with van der Waals surface area (Å²) in [6.07, 6.45) is 7.26. The summed E-state index contributed by atoms with van der Waals surface area (Å²) in [4.78, 5) is 20.1. The first-order valence-corrected chi connectivity index (χ1v) is 8.11. The van der Waals surface area contributed by atoms with E-state index in [-0.39, 0.29) is 5.95 Å². The summed E-state index contributed by atoms with van der Waals surface area (Å²) >= 11 is 0. The van der Waals surface area contributed by atoms with Gasteiger partial charge in [-0.3, -0.25) is 0 Å². The van der Waals surface area contributed by atoms with Crippen LogP contribution in [0.15, 0.2) is 18.5 Å². The molecule has 4 heterocycles. The van der Waals surface area contributed by atoms with Gasteiger partial charge in [0.15, 0.2) is 0 Å². The smallest absolute Gasteiger partial charge is 0.219 e. The van der Waals surface area contributed by atoms with Crippen molar-refractivity contribution in [3.05, 3.63) is 24.3 Å². The predicted octanol–water partition coefficient (Wildman–Crippen LogP) is 1.37. The number of ether oxygens (including phenoxy) is 1. The molecule has 0 spiro atoms. The molecule has 2 aliphatic heterocycles. The maximum absolute atomic E-state index is 5.70. The maximum Gasteiger partial charge on any atom is 0.219 e. The molecule has 0 amide bonds. The zero-order valence-electron chi connectivity index (χ0n) is 12.7. The second-order valence-corrected chi connectivity index (χ2v) is 6.57. The highest BCUT2D eigenvalue weighted by molar-refractivity contribution is 5.62. The number of nitrogens with two attached hydrogens (primary N) is 1. The van der Waals surface area contributed by atoms with E-state index in [2.05, 4.69) is 14.9 Å². The van der Waals surface area contributed by atoms with Gasteiger partial charge in [0.05, 0.1) is 24.4 Å². The molecule has 23 heavy (non-hydrogen) atoms. The van der Waals surface area contributed by atoms with Crippen molar-refractivity contribution >= 4 is 11.8 Å². The minimum absolute atomic E-state index is 0.277. The monoisotopic (exact) mass is 310 g/mol. The quantitative estimate of drug-likeness (QED) is 0.915. The fourth-order valence-electron chi connectivity index (χ4n) is 3.42. The molecule has 2 aromatic rings. The Hall–Kier alpha value is -2.28. The fraction of sp³-hybridized carbons (Fsp3) is 0.500. The molecule has 7 heteroatoms. The molecule has 118 valence electrons. The highest BCUT2D eigenvalue weighted by atomic mass is 16.5. The third kappa shape index (κ3) is 2.31. The molecule has 0 radical (unpaired) electrons. The first-order chi connectivity index (χ1) is 11.3. The molecule has 1 aliphatic carbocycles. The van der Waals surface area contributed by atoms with Crippen LogP contribution >= 0.6 is 0 Å². The topological polar surface area (TPSA) is 90.0 Å². The third-order valence-corrected chi connectivity index (χ3v) is 4.83. The molecule has 2 saturated heterocycles. The van der Waals surface area contributed by atoms with Gasteiger partial charge >= 0.3 is 0 Å². The van der Waals surface area contributed by atoms with Crippen LogP contribution in [0.1, 0.15) is 31.0 Å². The summed E-state index contributed by atoms with van der Waals surface area (Å²) in [6, 6.07) is 2.49. The van der Waals surface area contributed by atoms with Crippen molar-refractivity contribution in [1.82, 2.24) is 19.9 Å². The first-order valence-electron chi connectivity index (χ1n) is 8.11. The van der Waals surface area contributed by atoms with Crippen LogP contribution in [0.3, 0.4) is 0 Å². The molecule has 3 aliphatic rings. The summed E-state index contributed by atoms with van der Waals surface area (Å²) in [5.41, 5.74) is 7.34. The third-order valence-electron chi connectivity index (χ3n) is 4.83. The molecule has 2 unspecified atom stereocenters. The predicted molar refractivity (Wildman–Crippen MR) is 84.9 cm³/mol. The molecular formula is C16H18N6O. The van der Waals surface area contributed by atoms with E-state index in [9.17, 15) is 0 Å². The molecule has 3 fully saturated rings. The van der Waals surface area contributed by atoms with E-state index in [1.807, 2.05) is 6.07 Å². The number of hydrogen-bond acceptors (Lipinski definition) is 7. The van der Waals surface area contributed by atoms with Gasteiger partial charge < -0.3 is 15.4 Å². The van der Waals surface area contributed by atoms with Crippen molar-refractivity contribution in [1.29, 1.82) is 0 Å². The highest BCUT2D eigenvalue weighted by Crippen LogP contribution is 2.40. The van der Waals surface area contributed by atoms with Crippen LogP contribution in [0.2, 0.25) is 0 Å². The molecule has 2 N–H and O–H groups in total. The van der Waals surface area contributed by atoms with Crippen molar-refractivity contribution in [2.75, 3.05) is 23.8 Å². The Balaban J connectivity index is 1.56. The average Bonchev–Trinajstić information content (AvgIpc) is 3.22. The van der Waals surface area contributed by atoms with E-state index in [1.165, 1.54) is 12.8 Å². The van der Waals surface area contributed by atoms with Crippen LogP contribution in [0.5, 0.6) is 0 Å². The lowest BCUT2D eigenvalue weighted by Gasteiger charge is -2.28. The van der Waals surface area contributed by atoms with Gasteiger partial charge in [0.25, 0.3) is 0 Å². The van der Waals surface area contributed by atoms with Crippen LogP contribution in [-0.2, 0) is 4.74 Å². The van der Waals surface area contributed by atoms with Crippen molar-refractivity contribution in [3.63, 3.8) is 0 Å². The highest BCUT2D eigenvalue weighted by Gasteiger charge is 2.40. The number of anilines is 2. The van der Waals surface area contributed by atoms with E-state index in [0.29, 0.717) is 18.1 Å². The van der Waals surface area contributed by atoms with Gasteiger partial charge in [0.2, 0.25) is 5.95 Å². The van der Waals surface area contributed by atoms with Crippen molar-refractivity contribution in [3.8, 4) is 11.3 Å². The number of rotatable bonds is 3. The van der Waals surface area contributed by atoms with E-state index < -0.39 is 0 Å². The Morgan fingerprint density at radius 1 is 1.17 bits per heavy atom. The van der Waals surface area contributed by atoms with E-state index in [1.54, 1.807) is 12.4 Å². The van der Waals surface area contributed by atoms with Crippen molar-refractivity contribution < 1.29 is 4.74 Å². The van der Waals surface area contributed by atoms with E-state index in [0.717, 1.165) is 42.5 Å². The fourth-order valence-corrected chi connectivity index (χ4v) is 3.42. The zero-order valence-corrected chi connectivity index (χ0v) is 12.7. The summed E-state index contributed by atoms with van der Waals surface area (Å²) in [7, 11) is 0. The standard InChI is InChI=1S/C16H18N6O/c17-16-18-5-10(6-19-16)13-4-14(21-15(20-13)9-1-2-9)22-7-12-3-11(22)8-23-12/h4-6,9,11-12H,1-3,7-8H2,(H2,17,18,19). The van der Waals surface area contributed by atoms with Crippen LogP contribution in [0.25, 0.3) is 11.3 Å². The number of nitrogens with zero attached hydrogens (tertiary/aromatic N) is 5. The Morgan fingerprint density at radius 2 is 2.00 bits per heavy atom. The van der Waals surface area contributed by atoms with Gasteiger partial charge in [-0.15, -0.1) is 0 Å². The Morgan fingerprint density at radius 3 is 2.65 bits per heavy atom. The minimum atomic E-state index is 0.277. The summed E-state index contributed by atoms with van der Waals surface area (Å²) in [6.45, 7) is 1.72. The first kappa shape index (κ1) is 13.2. The molecule has 2 aromatic heterocycles. The molecule has 7 nitrogen and oxygen atoms in total. The number of nitrogen functional groups attached to an aromatic ring is 1. The van der Waals surface area contributed by atoms with Crippen molar-refractivity contribution in [2.45, 2.75) is 37.3 Å². The maximum atomic E-state index is 5.70. The Labute approximate surface area is 133 Å². The molecule has 0 aromatic carbocycles. The second-order valence-electron chi connectivity index (χ2n) is 6.57. The summed E-state index contributed by atoms with van der Waals surface area (Å²) < 4.78 is 5.70. The van der Waals surface area contributed by atoms with Gasteiger partial charge in [-0.05, 0) is 19.3 Å². The second kappa shape index (κ2) is 4.86. The van der Waals surface area contributed by atoms with E-state index in [4.69, 9.17) is 20.4 Å². The van der Waals surface area contributed by atoms with Gasteiger partial charge in [0, 0.05) is 36.5 Å². The molecule has 2 atom stereocenters. The Kier molecular flexibility index (Phi) is 2.78. The molecular weight excluding hydrogens is 292 g/mol. The average molecular weight is 310 g/mol. The van der Waals surface area contributed by atoms with Crippen molar-refractivity contribution in [2.24, 2.45) is 0 Å². The van der Waals surface area contributed by atoms with Gasteiger partial charge in [-0.25, -0.2) is 19.9 Å². The number of hydrogen-bond donors (Lipinski definition) is 1. The number of aromatic nitrogens is 4. The molecule has 5 rings (SSSR count). The Bertz CT molecular complexity index is 745. The summed E-state index contributed by atoms with van der Waals surface area (Å²) in [5.74, 6) is 2.72. The molecule has 1 saturated carbocycles. The lowest BCUT2D eigenvalue weighted by atomic mass is 10.2. The lowest BCUT2D eigenvalue weighted by molar-refractivity contribution is 0.0989. The van der Waals surface area contributed by atoms with Crippen LogP contribution in [-0.4, -0.2) is 45.2 Å². The van der Waals surface area contributed by atoms with Gasteiger partial charge in [-0.1, -0.05) is 0 Å². The lowest BCUT2D eigenvalue weighted by Crippen LogP contribution is -2.37. The molecule has 2 bridgehead atoms. The normalized spacial score (nSPS) is 26.0. The minimum Gasteiger partial charge on any atom is -0.374 e. The van der Waals surface area contributed by atoms with Crippen LogP contribution in [0.4, 0.5) is 11.8 Å². The van der Waals surface area contributed by atoms with Crippen LogP contribution < -0.4 is 10.6 Å². The van der Waals surface area contributed by atoms with Gasteiger partial charge in [-0.2, -0.15) is 0 Å². The summed E-state index contributed by atoms with van der Waals surface area (Å²) in [5, 5.41) is 0. The van der Waals surface area contributed by atoms with E-state index >= 15 is 0 Å². The number of morpholine rings is 1. The van der Waals surface area contributed by atoms with Gasteiger partial charge in [0.1, 0.15) is 11.6 Å².